The molecule has 0 aliphatic heterocycles. The fraction of sp³-hybridized carbons (Fsp3) is 0. The molecule has 0 unspecified atom stereocenters. The number of furan rings is 1. The first-order valence-corrected chi connectivity index (χ1v) is 5.36. The Morgan fingerprint density at radius 2 is 2.11 bits per heavy atom. The number of nitrogens with zero attached hydrogens (tertiary/aromatic N) is 1. The summed E-state index contributed by atoms with van der Waals surface area (Å²) in [5.41, 5.74) is -0.685. The van der Waals surface area contributed by atoms with Gasteiger partial charge < -0.3 is 9.73 Å². The van der Waals surface area contributed by atoms with Crippen LogP contribution in [0.25, 0.3) is 0 Å². The molecule has 1 heterocycles. The average Bonchev–Trinajstić information content (AvgIpc) is 2.78. The van der Waals surface area contributed by atoms with Crippen LogP contribution in [-0.2, 0) is 0 Å². The number of hydrogen-bond donors (Lipinski definition) is 1. The highest BCUT2D eigenvalue weighted by molar-refractivity contribution is 6.29. The van der Waals surface area contributed by atoms with Crippen LogP contribution in [0.5, 0.6) is 0 Å². The molecule has 0 bridgehead atoms. The number of halogens is 2. The van der Waals surface area contributed by atoms with E-state index in [-0.39, 0.29) is 16.7 Å². The summed E-state index contributed by atoms with van der Waals surface area (Å²) in [6.07, 6.45) is 0. The van der Waals surface area contributed by atoms with Gasteiger partial charge in [0.25, 0.3) is 11.6 Å². The number of nitrogens with one attached hydrogen (secondary N) is 1. The fourth-order valence-corrected chi connectivity index (χ4v) is 1.53. The van der Waals surface area contributed by atoms with Gasteiger partial charge in [0.1, 0.15) is 11.5 Å². The van der Waals surface area contributed by atoms with Crippen LogP contribution in [-0.4, -0.2) is 10.8 Å². The van der Waals surface area contributed by atoms with Gasteiger partial charge in [-0.15, -0.1) is 0 Å². The van der Waals surface area contributed by atoms with Gasteiger partial charge in [-0.3, -0.25) is 14.9 Å². The van der Waals surface area contributed by atoms with E-state index < -0.39 is 22.3 Å². The first-order chi connectivity index (χ1) is 8.97. The molecule has 1 aromatic carbocycles. The van der Waals surface area contributed by atoms with Crippen LogP contribution in [0.3, 0.4) is 0 Å². The number of nitro benzene ring substituents is 1. The topological polar surface area (TPSA) is 85.4 Å². The van der Waals surface area contributed by atoms with Crippen molar-refractivity contribution in [3.63, 3.8) is 0 Å². The van der Waals surface area contributed by atoms with Crippen molar-refractivity contribution in [2.75, 3.05) is 5.32 Å². The number of benzene rings is 1. The van der Waals surface area contributed by atoms with Gasteiger partial charge in [0.05, 0.1) is 11.0 Å². The lowest BCUT2D eigenvalue weighted by Gasteiger charge is -2.04. The summed E-state index contributed by atoms with van der Waals surface area (Å²) in [6.45, 7) is 0. The molecule has 6 nitrogen and oxygen atoms in total. The molecule has 2 aromatic rings. The Bertz CT molecular complexity index is 656. The number of nitro groups is 1. The molecule has 19 heavy (non-hydrogen) atoms. The summed E-state index contributed by atoms with van der Waals surface area (Å²) in [7, 11) is 0. The molecule has 1 amide bonds. The zero-order chi connectivity index (χ0) is 14.0. The van der Waals surface area contributed by atoms with Gasteiger partial charge in [-0.2, -0.15) is 0 Å². The highest BCUT2D eigenvalue weighted by atomic mass is 35.5. The molecule has 0 atom stereocenters. The largest absolute Gasteiger partial charge is 0.440 e. The van der Waals surface area contributed by atoms with E-state index in [9.17, 15) is 19.3 Å². The lowest BCUT2D eigenvalue weighted by atomic mass is 10.2. The second kappa shape index (κ2) is 5.07. The lowest BCUT2D eigenvalue weighted by molar-refractivity contribution is -0.384. The summed E-state index contributed by atoms with van der Waals surface area (Å²) in [5, 5.41) is 13.0. The number of anilines is 1. The minimum Gasteiger partial charge on any atom is -0.440 e. The molecule has 1 aromatic heterocycles. The van der Waals surface area contributed by atoms with E-state index in [4.69, 9.17) is 16.0 Å². The van der Waals surface area contributed by atoms with E-state index in [1.165, 1.54) is 12.1 Å². The van der Waals surface area contributed by atoms with Crippen molar-refractivity contribution in [2.45, 2.75) is 0 Å². The summed E-state index contributed by atoms with van der Waals surface area (Å²) in [4.78, 5) is 21.6. The van der Waals surface area contributed by atoms with Gasteiger partial charge in [-0.05, 0) is 35.9 Å². The van der Waals surface area contributed by atoms with E-state index in [1.54, 1.807) is 0 Å². The predicted octanol–water partition coefficient (Wildman–Crippen LogP) is 3.23. The number of hydrogen-bond acceptors (Lipinski definition) is 4. The third-order valence-corrected chi connectivity index (χ3v) is 2.40. The van der Waals surface area contributed by atoms with Crippen molar-refractivity contribution in [3.05, 3.63) is 57.2 Å². The first-order valence-electron chi connectivity index (χ1n) is 4.98. The Kier molecular flexibility index (Phi) is 3.48. The molecule has 8 heteroatoms. The van der Waals surface area contributed by atoms with Crippen LogP contribution >= 0.6 is 11.6 Å². The van der Waals surface area contributed by atoms with Crippen LogP contribution in [0.2, 0.25) is 5.22 Å². The van der Waals surface area contributed by atoms with Gasteiger partial charge in [0.15, 0.2) is 11.0 Å². The van der Waals surface area contributed by atoms with E-state index in [1.807, 2.05) is 0 Å². The summed E-state index contributed by atoms with van der Waals surface area (Å²) >= 11 is 5.51. The van der Waals surface area contributed by atoms with Gasteiger partial charge >= 0.3 is 0 Å². The van der Waals surface area contributed by atoms with Crippen molar-refractivity contribution in [3.8, 4) is 0 Å². The maximum Gasteiger partial charge on any atom is 0.295 e. The molecule has 2 rings (SSSR count). The highest BCUT2D eigenvalue weighted by Gasteiger charge is 2.19. The minimum atomic E-state index is -0.798. The van der Waals surface area contributed by atoms with Crippen LogP contribution in [0.1, 0.15) is 10.6 Å². The number of carbonyl (C=O) groups excluding carboxylic acids is 1. The Morgan fingerprint density at radius 1 is 1.37 bits per heavy atom. The lowest BCUT2D eigenvalue weighted by Crippen LogP contribution is -2.12. The molecule has 0 aliphatic rings. The van der Waals surface area contributed by atoms with Gasteiger partial charge in [-0.25, -0.2) is 4.39 Å². The Hall–Kier alpha value is -2.41. The zero-order valence-electron chi connectivity index (χ0n) is 9.22. The van der Waals surface area contributed by atoms with Gasteiger partial charge in [0.2, 0.25) is 0 Å². The Morgan fingerprint density at radius 3 is 2.68 bits per heavy atom. The maximum absolute atomic E-state index is 12.9. The summed E-state index contributed by atoms with van der Waals surface area (Å²) in [5.74, 6) is -1.60. The molecule has 0 saturated heterocycles. The molecule has 0 aliphatic carbocycles. The van der Waals surface area contributed by atoms with Crippen molar-refractivity contribution < 1.29 is 18.5 Å². The van der Waals surface area contributed by atoms with E-state index in [2.05, 4.69) is 5.32 Å². The third-order valence-electron chi connectivity index (χ3n) is 2.20. The van der Waals surface area contributed by atoms with Crippen LogP contribution in [0.15, 0.2) is 34.7 Å². The van der Waals surface area contributed by atoms with E-state index in [0.29, 0.717) is 6.07 Å². The highest BCUT2D eigenvalue weighted by Crippen LogP contribution is 2.26. The molecule has 1 N–H and O–H groups in total. The Balaban J connectivity index is 2.28. The monoisotopic (exact) mass is 284 g/mol. The molecule has 0 saturated carbocycles. The van der Waals surface area contributed by atoms with E-state index >= 15 is 0 Å². The van der Waals surface area contributed by atoms with Gasteiger partial charge in [-0.1, -0.05) is 0 Å². The molecular weight excluding hydrogens is 279 g/mol. The number of carbonyl (C=O) groups is 1. The summed E-state index contributed by atoms with van der Waals surface area (Å²) < 4.78 is 17.8. The first kappa shape index (κ1) is 13.0. The second-order valence-electron chi connectivity index (χ2n) is 3.48. The van der Waals surface area contributed by atoms with Crippen LogP contribution < -0.4 is 5.32 Å². The maximum atomic E-state index is 12.9. The van der Waals surface area contributed by atoms with Crippen molar-refractivity contribution in [1.82, 2.24) is 0 Å². The molecular formula is C11H6ClFN2O4. The third kappa shape index (κ3) is 2.89. The Labute approximate surface area is 110 Å². The van der Waals surface area contributed by atoms with Gasteiger partial charge in [0, 0.05) is 0 Å². The predicted molar refractivity (Wildman–Crippen MR) is 64.7 cm³/mol. The van der Waals surface area contributed by atoms with Crippen LogP contribution in [0.4, 0.5) is 15.8 Å². The smallest absolute Gasteiger partial charge is 0.295 e. The number of amides is 1. The normalized spacial score (nSPS) is 10.2. The quantitative estimate of drug-likeness (QED) is 0.692. The zero-order valence-corrected chi connectivity index (χ0v) is 9.98. The van der Waals surface area contributed by atoms with Crippen LogP contribution in [0, 0.1) is 15.9 Å². The number of rotatable bonds is 3. The van der Waals surface area contributed by atoms with Crippen molar-refractivity contribution in [1.29, 1.82) is 0 Å². The van der Waals surface area contributed by atoms with E-state index in [0.717, 1.165) is 12.1 Å². The van der Waals surface area contributed by atoms with Crippen molar-refractivity contribution in [2.24, 2.45) is 0 Å². The fourth-order valence-electron chi connectivity index (χ4n) is 1.38. The molecule has 0 radical (unpaired) electrons. The SMILES string of the molecule is O=C(Nc1ccc(F)cc1[N+](=O)[O-])c1ccc(Cl)o1. The second-order valence-corrected chi connectivity index (χ2v) is 3.85. The average molecular weight is 285 g/mol. The molecule has 98 valence electrons. The molecule has 0 fully saturated rings. The standard InChI is InChI=1S/C11H6ClFN2O4/c12-10-4-3-9(19-10)11(16)14-7-2-1-6(13)5-8(7)15(17)18/h1-5H,(H,14,16). The molecule has 0 spiro atoms. The van der Waals surface area contributed by atoms with Crippen molar-refractivity contribution >= 4 is 28.9 Å². The minimum absolute atomic E-state index is 0.0127. The summed E-state index contributed by atoms with van der Waals surface area (Å²) in [6, 6.07) is 5.47.